The first kappa shape index (κ1) is 30.5. The predicted octanol–water partition coefficient (Wildman–Crippen LogP) is 5.07. The molecule has 0 heterocycles. The molecule has 13 nitrogen and oxygen atoms in total. The lowest BCUT2D eigenvalue weighted by atomic mass is 10.1. The molecule has 0 aliphatic carbocycles. The van der Waals surface area contributed by atoms with E-state index < -0.39 is 33.2 Å². The third kappa shape index (κ3) is 8.50. The van der Waals surface area contributed by atoms with Gasteiger partial charge in [0.25, 0.3) is 11.6 Å². The van der Waals surface area contributed by atoms with Crippen LogP contribution in [-0.2, 0) is 16.0 Å². The molecule has 0 aliphatic rings. The van der Waals surface area contributed by atoms with Crippen molar-refractivity contribution < 1.29 is 29.0 Å². The number of anilines is 1. The van der Waals surface area contributed by atoms with Gasteiger partial charge in [-0.15, -0.1) is 0 Å². The number of non-ortho nitro benzene ring substituents is 1. The smallest absolute Gasteiger partial charge is 0.336 e. The minimum absolute atomic E-state index is 0.0352. The van der Waals surface area contributed by atoms with Crippen LogP contribution in [0, 0.1) is 20.2 Å². The van der Waals surface area contributed by atoms with Crippen LogP contribution in [0.3, 0.4) is 0 Å². The van der Waals surface area contributed by atoms with Crippen LogP contribution < -0.4 is 15.5 Å². The van der Waals surface area contributed by atoms with E-state index in [2.05, 4.69) is 15.8 Å². The number of nitrogens with zero attached hydrogens (tertiary/aromatic N) is 3. The number of carbonyl (C=O) groups excluding carboxylic acids is 3. The maximum absolute atomic E-state index is 12.6. The molecule has 13 heteroatoms. The van der Waals surface area contributed by atoms with Crippen molar-refractivity contribution in [2.75, 3.05) is 5.32 Å². The van der Waals surface area contributed by atoms with Crippen molar-refractivity contribution >= 4 is 47.1 Å². The third-order valence-electron chi connectivity index (χ3n) is 5.95. The molecule has 4 aromatic rings. The first-order chi connectivity index (χ1) is 21.2. The van der Waals surface area contributed by atoms with Gasteiger partial charge in [-0.2, -0.15) is 5.10 Å². The first-order valence-electron chi connectivity index (χ1n) is 12.9. The molecule has 0 saturated heterocycles. The Morgan fingerprint density at radius 1 is 0.818 bits per heavy atom. The molecular formula is C31H23N5O8. The lowest BCUT2D eigenvalue weighted by Crippen LogP contribution is -2.18. The Balaban J connectivity index is 1.39. The Hall–Kier alpha value is -6.50. The maximum Gasteiger partial charge on any atom is 0.336 e. The van der Waals surface area contributed by atoms with Crippen molar-refractivity contribution in [3.05, 3.63) is 146 Å². The largest absolute Gasteiger partial charge is 0.415 e. The van der Waals surface area contributed by atoms with Gasteiger partial charge in [0.05, 0.1) is 22.5 Å². The van der Waals surface area contributed by atoms with Gasteiger partial charge < -0.3 is 10.1 Å². The van der Waals surface area contributed by atoms with Crippen LogP contribution in [0.15, 0.2) is 108 Å². The molecule has 0 spiro atoms. The number of nitro benzene ring substituents is 2. The Morgan fingerprint density at radius 2 is 1.52 bits per heavy atom. The Bertz CT molecular complexity index is 1750. The van der Waals surface area contributed by atoms with Crippen LogP contribution in [0.5, 0.6) is 5.75 Å². The van der Waals surface area contributed by atoms with Gasteiger partial charge in [-0.05, 0) is 59.7 Å². The van der Waals surface area contributed by atoms with Crippen molar-refractivity contribution in [1.82, 2.24) is 5.43 Å². The third-order valence-corrected chi connectivity index (χ3v) is 5.95. The number of carbonyl (C=O) groups is 3. The zero-order valence-electron chi connectivity index (χ0n) is 22.8. The molecule has 0 atom stereocenters. The second kappa shape index (κ2) is 14.4. The van der Waals surface area contributed by atoms with E-state index >= 15 is 0 Å². The SMILES string of the molecule is O=C(Cc1ccccc1)Nc1ccc(C(=O)N/N=C/c2cccc([N+](=O)[O-])c2OC(=O)/C=C/c2ccc([N+](=O)[O-])cc2)cc1. The highest BCUT2D eigenvalue weighted by molar-refractivity contribution is 5.97. The summed E-state index contributed by atoms with van der Waals surface area (Å²) in [5.41, 5.74) is 3.74. The van der Waals surface area contributed by atoms with Gasteiger partial charge in [0.15, 0.2) is 0 Å². The summed E-state index contributed by atoms with van der Waals surface area (Å²) in [5.74, 6) is -2.16. The minimum Gasteiger partial charge on any atom is -0.415 e. The summed E-state index contributed by atoms with van der Waals surface area (Å²) < 4.78 is 5.23. The second-order valence-corrected chi connectivity index (χ2v) is 9.04. The van der Waals surface area contributed by atoms with Gasteiger partial charge >= 0.3 is 11.7 Å². The van der Waals surface area contributed by atoms with E-state index in [1.165, 1.54) is 54.6 Å². The molecule has 0 unspecified atom stereocenters. The number of nitrogens with one attached hydrogen (secondary N) is 2. The van der Waals surface area contributed by atoms with E-state index in [1.807, 2.05) is 30.3 Å². The number of hydrogen-bond acceptors (Lipinski definition) is 9. The minimum atomic E-state index is -0.952. The van der Waals surface area contributed by atoms with E-state index in [1.54, 1.807) is 12.1 Å². The highest BCUT2D eigenvalue weighted by Crippen LogP contribution is 2.30. The Kier molecular flexibility index (Phi) is 9.97. The summed E-state index contributed by atoms with van der Waals surface area (Å²) in [6, 6.07) is 24.6. The fraction of sp³-hybridized carbons (Fsp3) is 0.0323. The van der Waals surface area contributed by atoms with E-state index in [4.69, 9.17) is 4.74 Å². The van der Waals surface area contributed by atoms with E-state index in [-0.39, 0.29) is 29.1 Å². The zero-order chi connectivity index (χ0) is 31.5. The van der Waals surface area contributed by atoms with Crippen LogP contribution in [0.2, 0.25) is 0 Å². The molecule has 0 radical (unpaired) electrons. The fourth-order valence-corrected chi connectivity index (χ4v) is 3.82. The van der Waals surface area contributed by atoms with Crippen molar-refractivity contribution in [3.8, 4) is 5.75 Å². The molecule has 0 bridgehead atoms. The summed E-state index contributed by atoms with van der Waals surface area (Å²) in [5, 5.41) is 29.0. The van der Waals surface area contributed by atoms with Crippen LogP contribution in [0.1, 0.15) is 27.0 Å². The van der Waals surface area contributed by atoms with Gasteiger partial charge in [-0.25, -0.2) is 10.2 Å². The van der Waals surface area contributed by atoms with Crippen molar-refractivity contribution in [3.63, 3.8) is 0 Å². The average molecular weight is 594 g/mol. The number of nitro groups is 2. The molecule has 4 aromatic carbocycles. The zero-order valence-corrected chi connectivity index (χ0v) is 22.8. The molecule has 2 N–H and O–H groups in total. The van der Waals surface area contributed by atoms with Crippen LogP contribution in [0.4, 0.5) is 17.1 Å². The Labute approximate surface area is 249 Å². The van der Waals surface area contributed by atoms with E-state index in [0.29, 0.717) is 11.3 Å². The lowest BCUT2D eigenvalue weighted by molar-refractivity contribution is -0.385. The fourth-order valence-electron chi connectivity index (χ4n) is 3.82. The molecule has 2 amide bonds. The number of ether oxygens (including phenoxy) is 1. The molecule has 0 aromatic heterocycles. The van der Waals surface area contributed by atoms with Crippen molar-refractivity contribution in [1.29, 1.82) is 0 Å². The number of hydrazone groups is 1. The monoisotopic (exact) mass is 593 g/mol. The summed E-state index contributed by atoms with van der Waals surface area (Å²) in [6.07, 6.45) is 3.62. The first-order valence-corrected chi connectivity index (χ1v) is 12.9. The van der Waals surface area contributed by atoms with E-state index in [9.17, 15) is 34.6 Å². The number of benzene rings is 4. The normalized spacial score (nSPS) is 10.8. The maximum atomic E-state index is 12.6. The molecular weight excluding hydrogens is 570 g/mol. The number of amides is 2. The quantitative estimate of drug-likeness (QED) is 0.0603. The number of esters is 1. The van der Waals surface area contributed by atoms with Gasteiger partial charge in [0, 0.05) is 41.1 Å². The van der Waals surface area contributed by atoms with Crippen LogP contribution in [-0.4, -0.2) is 33.8 Å². The molecule has 0 aliphatic heterocycles. The van der Waals surface area contributed by atoms with Gasteiger partial charge in [0.2, 0.25) is 11.7 Å². The molecule has 44 heavy (non-hydrogen) atoms. The number of rotatable bonds is 11. The summed E-state index contributed by atoms with van der Waals surface area (Å²) in [7, 11) is 0. The Morgan fingerprint density at radius 3 is 2.18 bits per heavy atom. The summed E-state index contributed by atoms with van der Waals surface area (Å²) in [6.45, 7) is 0. The topological polar surface area (TPSA) is 183 Å². The van der Waals surface area contributed by atoms with Gasteiger partial charge in [-0.1, -0.05) is 36.4 Å². The average Bonchev–Trinajstić information content (AvgIpc) is 3.01. The van der Waals surface area contributed by atoms with Gasteiger partial charge in [-0.3, -0.25) is 29.8 Å². The van der Waals surface area contributed by atoms with Crippen LogP contribution >= 0.6 is 0 Å². The highest BCUT2D eigenvalue weighted by Gasteiger charge is 2.20. The molecule has 220 valence electrons. The standard InChI is InChI=1S/C31H23N5O8/c37-28(19-22-5-2-1-3-6-22)33-25-14-12-23(13-15-25)31(39)34-32-20-24-7-4-8-27(36(42)43)30(24)44-29(38)18-11-21-9-16-26(17-10-21)35(40)41/h1-18,20H,19H2,(H,33,37)(H,34,39)/b18-11+,32-20+. The second-order valence-electron chi connectivity index (χ2n) is 9.04. The molecule has 0 fully saturated rings. The molecule has 4 rings (SSSR count). The predicted molar refractivity (Wildman–Crippen MR) is 161 cm³/mol. The van der Waals surface area contributed by atoms with Crippen molar-refractivity contribution in [2.45, 2.75) is 6.42 Å². The lowest BCUT2D eigenvalue weighted by Gasteiger charge is -2.07. The molecule has 0 saturated carbocycles. The van der Waals surface area contributed by atoms with Crippen molar-refractivity contribution in [2.24, 2.45) is 5.10 Å². The number of para-hydroxylation sites is 1. The van der Waals surface area contributed by atoms with Gasteiger partial charge in [0.1, 0.15) is 0 Å². The highest BCUT2D eigenvalue weighted by atomic mass is 16.6. The van der Waals surface area contributed by atoms with E-state index in [0.717, 1.165) is 23.9 Å². The van der Waals surface area contributed by atoms with Crippen LogP contribution in [0.25, 0.3) is 6.08 Å². The summed E-state index contributed by atoms with van der Waals surface area (Å²) >= 11 is 0. The summed E-state index contributed by atoms with van der Waals surface area (Å²) in [4.78, 5) is 58.4. The number of hydrogen-bond donors (Lipinski definition) is 2.